The lowest BCUT2D eigenvalue weighted by Gasteiger charge is -2.23. The second kappa shape index (κ2) is 4.70. The molecule has 0 N–H and O–H groups in total. The number of hydrogen-bond acceptors (Lipinski definition) is 2. The van der Waals surface area contributed by atoms with E-state index in [1.165, 1.54) is 17.2 Å². The van der Waals surface area contributed by atoms with Crippen LogP contribution in [0.1, 0.15) is 29.2 Å². The van der Waals surface area contributed by atoms with Crippen LogP contribution in [0.2, 0.25) is 0 Å². The SMILES string of the molecule is CC1=CC(=O)[C@]2(Cl)[C@H](C1=O)C21c2ccccc2CCc2ccccc21. The van der Waals surface area contributed by atoms with E-state index in [0.717, 1.165) is 24.0 Å². The van der Waals surface area contributed by atoms with Crippen LogP contribution in [0.15, 0.2) is 60.2 Å². The summed E-state index contributed by atoms with van der Waals surface area (Å²) in [5.41, 5.74) is 4.23. The molecule has 2 atom stereocenters. The van der Waals surface area contributed by atoms with E-state index in [1.54, 1.807) is 6.92 Å². The predicted octanol–water partition coefficient (Wildman–Crippen LogP) is 3.78. The number of aryl methyl sites for hydroxylation is 2. The molecule has 2 aromatic rings. The van der Waals surface area contributed by atoms with Gasteiger partial charge in [-0.2, -0.15) is 0 Å². The minimum absolute atomic E-state index is 0.00102. The molecule has 0 unspecified atom stereocenters. The molecule has 1 spiro atoms. The van der Waals surface area contributed by atoms with Gasteiger partial charge in [0.25, 0.3) is 0 Å². The summed E-state index contributed by atoms with van der Waals surface area (Å²) in [4.78, 5) is 24.8. The number of rotatable bonds is 0. The van der Waals surface area contributed by atoms with E-state index in [9.17, 15) is 9.59 Å². The average molecular weight is 349 g/mol. The Balaban J connectivity index is 1.89. The largest absolute Gasteiger partial charge is 0.294 e. The first-order valence-corrected chi connectivity index (χ1v) is 9.03. The summed E-state index contributed by atoms with van der Waals surface area (Å²) in [5.74, 6) is -0.650. The third kappa shape index (κ3) is 1.57. The maximum atomic E-state index is 13.0. The summed E-state index contributed by atoms with van der Waals surface area (Å²) in [7, 11) is 0. The van der Waals surface area contributed by atoms with Gasteiger partial charge in [-0.15, -0.1) is 11.6 Å². The van der Waals surface area contributed by atoms with Gasteiger partial charge in [0.2, 0.25) is 0 Å². The molecule has 124 valence electrons. The van der Waals surface area contributed by atoms with Crippen molar-refractivity contribution in [2.24, 2.45) is 5.92 Å². The zero-order valence-electron chi connectivity index (χ0n) is 13.9. The molecule has 3 aliphatic carbocycles. The molecule has 2 nitrogen and oxygen atoms in total. The van der Waals surface area contributed by atoms with Crippen LogP contribution >= 0.6 is 11.6 Å². The third-order valence-electron chi connectivity index (χ3n) is 6.23. The van der Waals surface area contributed by atoms with Gasteiger partial charge in [0.05, 0.1) is 11.3 Å². The molecule has 25 heavy (non-hydrogen) atoms. The molecule has 0 aliphatic heterocycles. The van der Waals surface area contributed by atoms with Crippen molar-refractivity contribution in [2.45, 2.75) is 30.1 Å². The van der Waals surface area contributed by atoms with Gasteiger partial charge in [-0.05, 0) is 53.7 Å². The average Bonchev–Trinajstić information content (AvgIpc) is 3.25. The quantitative estimate of drug-likeness (QED) is 0.679. The van der Waals surface area contributed by atoms with E-state index < -0.39 is 16.2 Å². The standard InChI is InChI=1S/C22H17ClO2/c1-13-12-18(24)22(23)20(19(13)25)21(22)16-8-4-2-6-14(16)10-11-15-7-3-5-9-17(15)21/h2-9,12,20H,10-11H2,1H3/t20-,22+/m1/s1. The first-order chi connectivity index (χ1) is 12.0. The van der Waals surface area contributed by atoms with E-state index in [2.05, 4.69) is 24.3 Å². The van der Waals surface area contributed by atoms with Gasteiger partial charge in [0.15, 0.2) is 11.6 Å². The molecule has 1 saturated carbocycles. The molecule has 0 aromatic heterocycles. The van der Waals surface area contributed by atoms with Gasteiger partial charge >= 0.3 is 0 Å². The first-order valence-electron chi connectivity index (χ1n) is 8.65. The predicted molar refractivity (Wildman–Crippen MR) is 96.9 cm³/mol. The second-order valence-corrected chi connectivity index (χ2v) is 7.92. The zero-order valence-corrected chi connectivity index (χ0v) is 14.6. The van der Waals surface area contributed by atoms with Crippen LogP contribution in [0, 0.1) is 5.92 Å². The maximum Gasteiger partial charge on any atom is 0.179 e. The molecule has 0 radical (unpaired) electrons. The lowest BCUT2D eigenvalue weighted by molar-refractivity contribution is -0.121. The lowest BCUT2D eigenvalue weighted by Crippen LogP contribution is -2.29. The van der Waals surface area contributed by atoms with Crippen LogP contribution in [0.5, 0.6) is 0 Å². The highest BCUT2D eigenvalue weighted by Crippen LogP contribution is 2.74. The van der Waals surface area contributed by atoms with E-state index in [1.807, 2.05) is 24.3 Å². The Kier molecular flexibility index (Phi) is 2.84. The van der Waals surface area contributed by atoms with Crippen molar-refractivity contribution < 1.29 is 9.59 Å². The molecule has 5 rings (SSSR count). The lowest BCUT2D eigenvalue weighted by atomic mass is 9.80. The summed E-state index contributed by atoms with van der Waals surface area (Å²) in [6, 6.07) is 16.3. The number of carbonyl (C=O) groups is 2. The number of alkyl halides is 1. The van der Waals surface area contributed by atoms with Crippen LogP contribution in [-0.4, -0.2) is 16.4 Å². The van der Waals surface area contributed by atoms with E-state index in [0.29, 0.717) is 5.57 Å². The van der Waals surface area contributed by atoms with Gasteiger partial charge in [0, 0.05) is 0 Å². The Morgan fingerprint density at radius 3 is 2.00 bits per heavy atom. The normalized spacial score (nSPS) is 28.6. The van der Waals surface area contributed by atoms with Gasteiger partial charge in [-0.1, -0.05) is 48.5 Å². The summed E-state index contributed by atoms with van der Waals surface area (Å²) in [6.07, 6.45) is 3.23. The summed E-state index contributed by atoms with van der Waals surface area (Å²) in [6.45, 7) is 1.72. The van der Waals surface area contributed by atoms with Crippen molar-refractivity contribution in [2.75, 3.05) is 0 Å². The highest BCUT2D eigenvalue weighted by Gasteiger charge is 2.84. The fraction of sp³-hybridized carbons (Fsp3) is 0.273. The number of fused-ring (bicyclic) bond motifs is 7. The van der Waals surface area contributed by atoms with E-state index in [4.69, 9.17) is 11.6 Å². The first kappa shape index (κ1) is 15.1. The summed E-state index contributed by atoms with van der Waals surface area (Å²) >= 11 is 7.01. The fourth-order valence-corrected chi connectivity index (χ4v) is 5.69. The van der Waals surface area contributed by atoms with Crippen LogP contribution in [0.4, 0.5) is 0 Å². The van der Waals surface area contributed by atoms with E-state index in [-0.39, 0.29) is 11.6 Å². The molecule has 2 aromatic carbocycles. The Bertz CT molecular complexity index is 940. The topological polar surface area (TPSA) is 34.1 Å². The molecule has 0 saturated heterocycles. The number of carbonyl (C=O) groups excluding carboxylic acids is 2. The number of halogens is 1. The van der Waals surface area contributed by atoms with Crippen molar-refractivity contribution >= 4 is 23.2 Å². The van der Waals surface area contributed by atoms with Gasteiger partial charge in [-0.25, -0.2) is 0 Å². The smallest absolute Gasteiger partial charge is 0.179 e. The van der Waals surface area contributed by atoms with Gasteiger partial charge < -0.3 is 0 Å². The molecule has 3 heteroatoms. The molecular formula is C22H17ClO2. The van der Waals surface area contributed by atoms with Crippen molar-refractivity contribution in [3.05, 3.63) is 82.4 Å². The number of hydrogen-bond donors (Lipinski definition) is 0. The monoisotopic (exact) mass is 348 g/mol. The van der Waals surface area contributed by atoms with Crippen LogP contribution < -0.4 is 0 Å². The Morgan fingerprint density at radius 1 is 0.920 bits per heavy atom. The van der Waals surface area contributed by atoms with Crippen molar-refractivity contribution in [1.29, 1.82) is 0 Å². The van der Waals surface area contributed by atoms with Crippen molar-refractivity contribution in [1.82, 2.24) is 0 Å². The number of ketones is 2. The van der Waals surface area contributed by atoms with Crippen molar-refractivity contribution in [3.63, 3.8) is 0 Å². The number of Topliss-reactive ketones (excluding diaryl/α,β-unsaturated/α-hetero) is 1. The zero-order chi connectivity index (χ0) is 17.4. The minimum atomic E-state index is -1.19. The Hall–Kier alpha value is -2.19. The van der Waals surface area contributed by atoms with Crippen LogP contribution in [-0.2, 0) is 27.8 Å². The minimum Gasteiger partial charge on any atom is -0.294 e. The van der Waals surface area contributed by atoms with Crippen LogP contribution in [0.25, 0.3) is 0 Å². The number of allylic oxidation sites excluding steroid dienone is 2. The van der Waals surface area contributed by atoms with Crippen molar-refractivity contribution in [3.8, 4) is 0 Å². The molecule has 3 aliphatic rings. The Morgan fingerprint density at radius 2 is 1.44 bits per heavy atom. The summed E-state index contributed by atoms with van der Waals surface area (Å²) in [5, 5.41) is 0. The molecular weight excluding hydrogens is 332 g/mol. The fourth-order valence-electron chi connectivity index (χ4n) is 5.12. The second-order valence-electron chi connectivity index (χ2n) is 7.32. The van der Waals surface area contributed by atoms with E-state index >= 15 is 0 Å². The molecule has 1 fully saturated rings. The highest BCUT2D eigenvalue weighted by atomic mass is 35.5. The molecule has 0 bridgehead atoms. The molecule has 0 heterocycles. The number of benzene rings is 2. The molecule has 0 amide bonds. The third-order valence-corrected chi connectivity index (χ3v) is 6.93. The maximum absolute atomic E-state index is 13.0. The van der Waals surface area contributed by atoms with Crippen LogP contribution in [0.3, 0.4) is 0 Å². The van der Waals surface area contributed by atoms with Gasteiger partial charge in [-0.3, -0.25) is 9.59 Å². The van der Waals surface area contributed by atoms with Gasteiger partial charge in [0.1, 0.15) is 4.87 Å². The highest BCUT2D eigenvalue weighted by molar-refractivity contribution is 6.47. The summed E-state index contributed by atoms with van der Waals surface area (Å²) < 4.78 is 0. The Labute approximate surface area is 151 Å².